The molecule has 0 radical (unpaired) electrons. The predicted molar refractivity (Wildman–Crippen MR) is 89.4 cm³/mol. The summed E-state index contributed by atoms with van der Waals surface area (Å²) in [6.45, 7) is 8.01. The summed E-state index contributed by atoms with van der Waals surface area (Å²) in [6.07, 6.45) is 0.854. The third-order valence-corrected chi connectivity index (χ3v) is 3.66. The van der Waals surface area contributed by atoms with E-state index in [4.69, 9.17) is 10.5 Å². The summed E-state index contributed by atoms with van der Waals surface area (Å²) >= 11 is 0. The van der Waals surface area contributed by atoms with Crippen LogP contribution in [-0.2, 0) is 23.2 Å². The first-order valence-corrected chi connectivity index (χ1v) is 7.47. The lowest BCUT2D eigenvalue weighted by molar-refractivity contribution is 0.124. The third-order valence-electron chi connectivity index (χ3n) is 3.66. The largest absolute Gasteiger partial charge is 0.399 e. The zero-order chi connectivity index (χ0) is 15.3. The van der Waals surface area contributed by atoms with Crippen LogP contribution >= 0.6 is 0 Å². The molecule has 0 heterocycles. The predicted octanol–water partition coefficient (Wildman–Crippen LogP) is 4.33. The van der Waals surface area contributed by atoms with Crippen molar-refractivity contribution in [1.82, 2.24) is 0 Å². The van der Waals surface area contributed by atoms with Crippen LogP contribution in [0.4, 0.5) is 5.69 Å². The number of benzene rings is 2. The lowest BCUT2D eigenvalue weighted by Crippen LogP contribution is -2.10. The Hall–Kier alpha value is -1.80. The van der Waals surface area contributed by atoms with Gasteiger partial charge < -0.3 is 10.5 Å². The Morgan fingerprint density at radius 3 is 2.24 bits per heavy atom. The first kappa shape index (κ1) is 15.6. The first-order chi connectivity index (χ1) is 9.97. The minimum atomic E-state index is 0.199. The van der Waals surface area contributed by atoms with Gasteiger partial charge in [0, 0.05) is 5.69 Å². The molecule has 2 aromatic rings. The fourth-order valence-electron chi connectivity index (χ4n) is 2.23. The summed E-state index contributed by atoms with van der Waals surface area (Å²) in [5, 5.41) is 0. The van der Waals surface area contributed by atoms with E-state index in [0.717, 1.165) is 17.7 Å². The van der Waals surface area contributed by atoms with Crippen LogP contribution in [-0.4, -0.2) is 6.61 Å². The van der Waals surface area contributed by atoms with Gasteiger partial charge in [0.1, 0.15) is 0 Å². The lowest BCUT2D eigenvalue weighted by Gasteiger charge is -2.19. The van der Waals surface area contributed by atoms with Crippen LogP contribution < -0.4 is 5.73 Å². The van der Waals surface area contributed by atoms with Crippen LogP contribution in [0.2, 0.25) is 0 Å². The fraction of sp³-hybridized carbons (Fsp3) is 0.368. The van der Waals surface area contributed by atoms with Gasteiger partial charge >= 0.3 is 0 Å². The molecule has 0 bridgehead atoms. The molecule has 2 heteroatoms. The highest BCUT2D eigenvalue weighted by Gasteiger charge is 2.12. The molecule has 0 aliphatic carbocycles. The monoisotopic (exact) mass is 283 g/mol. The Bertz CT molecular complexity index is 567. The van der Waals surface area contributed by atoms with Crippen molar-refractivity contribution in [2.24, 2.45) is 0 Å². The molecule has 0 aliphatic heterocycles. The molecule has 0 saturated heterocycles. The second-order valence-electron chi connectivity index (χ2n) is 6.45. The van der Waals surface area contributed by atoms with Crippen molar-refractivity contribution in [1.29, 1.82) is 0 Å². The second-order valence-corrected chi connectivity index (χ2v) is 6.45. The minimum Gasteiger partial charge on any atom is -0.399 e. The van der Waals surface area contributed by atoms with Gasteiger partial charge in [0.15, 0.2) is 0 Å². The van der Waals surface area contributed by atoms with Crippen LogP contribution in [0.5, 0.6) is 0 Å². The molecule has 112 valence electrons. The Balaban J connectivity index is 1.80. The zero-order valence-electron chi connectivity index (χ0n) is 13.2. The molecule has 0 spiro atoms. The van der Waals surface area contributed by atoms with Gasteiger partial charge in [-0.2, -0.15) is 0 Å². The molecule has 2 aromatic carbocycles. The second kappa shape index (κ2) is 6.77. The van der Waals surface area contributed by atoms with E-state index in [9.17, 15) is 0 Å². The number of para-hydroxylation sites is 1. The Kier molecular flexibility index (Phi) is 5.03. The smallest absolute Gasteiger partial charge is 0.0717 e. The third kappa shape index (κ3) is 4.61. The van der Waals surface area contributed by atoms with Crippen LogP contribution in [0.1, 0.15) is 37.5 Å². The van der Waals surface area contributed by atoms with Crippen LogP contribution in [0.15, 0.2) is 48.5 Å². The van der Waals surface area contributed by atoms with Crippen molar-refractivity contribution in [3.63, 3.8) is 0 Å². The molecule has 0 fully saturated rings. The van der Waals surface area contributed by atoms with Gasteiger partial charge in [-0.1, -0.05) is 63.2 Å². The van der Waals surface area contributed by atoms with Crippen molar-refractivity contribution in [3.8, 4) is 0 Å². The summed E-state index contributed by atoms with van der Waals surface area (Å²) in [7, 11) is 0. The normalized spacial score (nSPS) is 11.6. The number of hydrogen-bond acceptors (Lipinski definition) is 2. The average Bonchev–Trinajstić information content (AvgIpc) is 2.45. The van der Waals surface area contributed by atoms with Crippen molar-refractivity contribution >= 4 is 5.69 Å². The molecule has 0 aliphatic rings. The van der Waals surface area contributed by atoms with Crippen molar-refractivity contribution in [2.45, 2.75) is 39.2 Å². The molecular weight excluding hydrogens is 258 g/mol. The Morgan fingerprint density at radius 1 is 0.952 bits per heavy atom. The molecule has 0 amide bonds. The SMILES string of the molecule is CC(C)(C)c1ccc(COCCc2ccccc2N)cc1. The average molecular weight is 283 g/mol. The van der Waals surface area contributed by atoms with E-state index in [2.05, 4.69) is 51.1 Å². The highest BCUT2D eigenvalue weighted by Crippen LogP contribution is 2.22. The molecule has 0 unspecified atom stereocenters. The van der Waals surface area contributed by atoms with Gasteiger partial charge in [-0.3, -0.25) is 0 Å². The maximum Gasteiger partial charge on any atom is 0.0717 e. The molecule has 0 atom stereocenters. The number of anilines is 1. The molecule has 0 aromatic heterocycles. The zero-order valence-corrected chi connectivity index (χ0v) is 13.2. The van der Waals surface area contributed by atoms with E-state index in [0.29, 0.717) is 13.2 Å². The van der Waals surface area contributed by atoms with Crippen molar-refractivity contribution in [2.75, 3.05) is 12.3 Å². The number of ether oxygens (including phenoxy) is 1. The van der Waals surface area contributed by atoms with Gasteiger partial charge in [0.2, 0.25) is 0 Å². The molecule has 2 nitrogen and oxygen atoms in total. The lowest BCUT2D eigenvalue weighted by atomic mass is 9.87. The summed E-state index contributed by atoms with van der Waals surface area (Å²) in [5.41, 5.74) is 10.7. The summed E-state index contributed by atoms with van der Waals surface area (Å²) in [5.74, 6) is 0. The van der Waals surface area contributed by atoms with E-state index in [1.54, 1.807) is 0 Å². The molecule has 2 N–H and O–H groups in total. The van der Waals surface area contributed by atoms with E-state index in [1.165, 1.54) is 11.1 Å². The fourth-order valence-corrected chi connectivity index (χ4v) is 2.23. The minimum absolute atomic E-state index is 0.199. The summed E-state index contributed by atoms with van der Waals surface area (Å²) in [4.78, 5) is 0. The highest BCUT2D eigenvalue weighted by atomic mass is 16.5. The number of nitrogens with two attached hydrogens (primary N) is 1. The Morgan fingerprint density at radius 2 is 1.62 bits per heavy atom. The maximum atomic E-state index is 5.92. The van der Waals surface area contributed by atoms with Gasteiger partial charge in [0.25, 0.3) is 0 Å². The van der Waals surface area contributed by atoms with E-state index >= 15 is 0 Å². The number of nitrogen functional groups attached to an aromatic ring is 1. The van der Waals surface area contributed by atoms with Gasteiger partial charge in [-0.15, -0.1) is 0 Å². The quantitative estimate of drug-likeness (QED) is 0.655. The van der Waals surface area contributed by atoms with Crippen LogP contribution in [0, 0.1) is 0 Å². The van der Waals surface area contributed by atoms with E-state index in [-0.39, 0.29) is 5.41 Å². The van der Waals surface area contributed by atoms with Crippen LogP contribution in [0.3, 0.4) is 0 Å². The highest BCUT2D eigenvalue weighted by molar-refractivity contribution is 5.46. The van der Waals surface area contributed by atoms with Crippen molar-refractivity contribution in [3.05, 3.63) is 65.2 Å². The topological polar surface area (TPSA) is 35.2 Å². The standard InChI is InChI=1S/C19H25NO/c1-19(2,3)17-10-8-15(9-11-17)14-21-13-12-16-6-4-5-7-18(16)20/h4-11H,12-14,20H2,1-3H3. The van der Waals surface area contributed by atoms with Gasteiger partial charge in [0.05, 0.1) is 13.2 Å². The molecule has 0 saturated carbocycles. The molecule has 21 heavy (non-hydrogen) atoms. The van der Waals surface area contributed by atoms with E-state index in [1.807, 2.05) is 18.2 Å². The van der Waals surface area contributed by atoms with Gasteiger partial charge in [-0.05, 0) is 34.6 Å². The molecular formula is C19H25NO. The summed E-state index contributed by atoms with van der Waals surface area (Å²) < 4.78 is 5.75. The number of hydrogen-bond donors (Lipinski definition) is 1. The van der Waals surface area contributed by atoms with Gasteiger partial charge in [-0.25, -0.2) is 0 Å². The van der Waals surface area contributed by atoms with Crippen LogP contribution in [0.25, 0.3) is 0 Å². The first-order valence-electron chi connectivity index (χ1n) is 7.47. The molecule has 2 rings (SSSR count). The maximum absolute atomic E-state index is 5.92. The van der Waals surface area contributed by atoms with Crippen molar-refractivity contribution < 1.29 is 4.74 Å². The Labute approximate surface area is 127 Å². The number of rotatable bonds is 5. The summed E-state index contributed by atoms with van der Waals surface area (Å²) in [6, 6.07) is 16.6. The van der Waals surface area contributed by atoms with E-state index < -0.39 is 0 Å².